The van der Waals surface area contributed by atoms with Crippen LogP contribution in [0.15, 0.2) is 72.8 Å². The molecule has 2 aromatic carbocycles. The maximum Gasteiger partial charge on any atom is 0.251 e. The van der Waals surface area contributed by atoms with Gasteiger partial charge in [-0.05, 0) is 29.8 Å². The van der Waals surface area contributed by atoms with E-state index < -0.39 is 6.04 Å². The van der Waals surface area contributed by atoms with Gasteiger partial charge in [0.1, 0.15) is 6.04 Å². The van der Waals surface area contributed by atoms with Crippen molar-refractivity contribution in [2.75, 3.05) is 26.2 Å². The van der Waals surface area contributed by atoms with E-state index in [9.17, 15) is 9.59 Å². The Labute approximate surface area is 197 Å². The van der Waals surface area contributed by atoms with Gasteiger partial charge in [0.25, 0.3) is 5.91 Å². The van der Waals surface area contributed by atoms with Gasteiger partial charge < -0.3 is 10.2 Å². The minimum atomic E-state index is -0.604. The van der Waals surface area contributed by atoms with Crippen molar-refractivity contribution in [2.24, 2.45) is 0 Å². The molecule has 1 fully saturated rings. The van der Waals surface area contributed by atoms with Crippen molar-refractivity contribution < 1.29 is 9.59 Å². The molecule has 5 nitrogen and oxygen atoms in total. The van der Waals surface area contributed by atoms with Gasteiger partial charge in [-0.3, -0.25) is 14.5 Å². The molecule has 0 unspecified atom stereocenters. The zero-order valence-corrected chi connectivity index (χ0v) is 19.3. The van der Waals surface area contributed by atoms with Crippen LogP contribution in [0.1, 0.15) is 20.8 Å². The first kappa shape index (κ1) is 22.5. The van der Waals surface area contributed by atoms with Crippen LogP contribution in [0.4, 0.5) is 0 Å². The number of benzene rings is 2. The second kappa shape index (κ2) is 10.8. The van der Waals surface area contributed by atoms with Gasteiger partial charge in [0, 0.05) is 49.6 Å². The van der Waals surface area contributed by atoms with Crippen LogP contribution < -0.4 is 5.32 Å². The van der Waals surface area contributed by atoms with Gasteiger partial charge in [0.05, 0.1) is 4.34 Å². The predicted molar refractivity (Wildman–Crippen MR) is 129 cm³/mol. The fraction of sp³-hybridized carbons (Fsp3) is 0.280. The molecule has 1 saturated heterocycles. The fourth-order valence-corrected chi connectivity index (χ4v) is 5.01. The van der Waals surface area contributed by atoms with Crippen molar-refractivity contribution in [3.63, 3.8) is 0 Å². The maximum atomic E-state index is 13.4. The molecule has 0 aliphatic carbocycles. The number of hydrogen-bond donors (Lipinski definition) is 1. The minimum Gasteiger partial charge on any atom is -0.340 e. The van der Waals surface area contributed by atoms with Gasteiger partial charge in [-0.2, -0.15) is 0 Å². The zero-order chi connectivity index (χ0) is 22.3. The van der Waals surface area contributed by atoms with Gasteiger partial charge in [-0.15, -0.1) is 11.3 Å². The molecule has 1 N–H and O–H groups in total. The van der Waals surface area contributed by atoms with Crippen LogP contribution >= 0.6 is 22.9 Å². The number of halogens is 1. The van der Waals surface area contributed by atoms with E-state index in [-0.39, 0.29) is 11.8 Å². The maximum absolute atomic E-state index is 13.4. The third kappa shape index (κ3) is 5.97. The van der Waals surface area contributed by atoms with Crippen LogP contribution in [0.5, 0.6) is 0 Å². The highest BCUT2D eigenvalue weighted by molar-refractivity contribution is 7.16. The van der Waals surface area contributed by atoms with Crippen LogP contribution in [0.3, 0.4) is 0 Å². The lowest BCUT2D eigenvalue weighted by Gasteiger charge is -2.36. The number of thiophene rings is 1. The number of nitrogens with one attached hydrogen (secondary N) is 1. The molecule has 0 radical (unpaired) electrons. The van der Waals surface area contributed by atoms with Gasteiger partial charge >= 0.3 is 0 Å². The molecule has 0 spiro atoms. The van der Waals surface area contributed by atoms with E-state index in [4.69, 9.17) is 11.6 Å². The summed E-state index contributed by atoms with van der Waals surface area (Å²) in [4.78, 5) is 31.6. The van der Waals surface area contributed by atoms with Crippen molar-refractivity contribution in [1.29, 1.82) is 0 Å². The molecule has 7 heteroatoms. The van der Waals surface area contributed by atoms with Gasteiger partial charge in [-0.1, -0.05) is 60.1 Å². The average Bonchev–Trinajstić information content (AvgIpc) is 3.24. The summed E-state index contributed by atoms with van der Waals surface area (Å²) >= 11 is 7.64. The largest absolute Gasteiger partial charge is 0.340 e. The summed E-state index contributed by atoms with van der Waals surface area (Å²) in [5.41, 5.74) is 1.57. The van der Waals surface area contributed by atoms with Gasteiger partial charge in [-0.25, -0.2) is 0 Å². The first-order valence-corrected chi connectivity index (χ1v) is 11.9. The Morgan fingerprint density at radius 2 is 1.56 bits per heavy atom. The summed E-state index contributed by atoms with van der Waals surface area (Å²) in [6.07, 6.45) is 0.464. The van der Waals surface area contributed by atoms with E-state index >= 15 is 0 Å². The number of nitrogens with zero attached hydrogens (tertiary/aromatic N) is 2. The molecule has 2 amide bonds. The molecular weight excluding hydrogens is 442 g/mol. The van der Waals surface area contributed by atoms with Crippen molar-refractivity contribution in [3.8, 4) is 0 Å². The SMILES string of the molecule is O=C(N[C@@H](Cc1ccccc1)C(=O)N1CCN(Cc2ccc(Cl)s2)CC1)c1ccccc1. The Morgan fingerprint density at radius 1 is 0.906 bits per heavy atom. The third-order valence-electron chi connectivity index (χ3n) is 5.61. The molecule has 32 heavy (non-hydrogen) atoms. The standard InChI is InChI=1S/C25H26ClN3O2S/c26-23-12-11-21(32-23)18-28-13-15-29(16-14-28)25(31)22(17-19-7-3-1-4-8-19)27-24(30)20-9-5-2-6-10-20/h1-12,22H,13-18H2,(H,27,30)/t22-/m0/s1. The summed E-state index contributed by atoms with van der Waals surface area (Å²) in [7, 11) is 0. The van der Waals surface area contributed by atoms with Gasteiger partial charge in [0.15, 0.2) is 0 Å². The topological polar surface area (TPSA) is 52.7 Å². The van der Waals surface area contributed by atoms with E-state index in [1.807, 2.05) is 59.5 Å². The summed E-state index contributed by atoms with van der Waals surface area (Å²) in [5.74, 6) is -0.259. The second-order valence-electron chi connectivity index (χ2n) is 7.89. The zero-order valence-electron chi connectivity index (χ0n) is 17.7. The van der Waals surface area contributed by atoms with Crippen LogP contribution in [0.2, 0.25) is 4.34 Å². The Balaban J connectivity index is 1.41. The van der Waals surface area contributed by atoms with E-state index in [2.05, 4.69) is 16.3 Å². The van der Waals surface area contributed by atoms with E-state index in [0.29, 0.717) is 25.1 Å². The molecule has 1 aliphatic heterocycles. The highest BCUT2D eigenvalue weighted by Gasteiger charge is 2.29. The van der Waals surface area contributed by atoms with Crippen LogP contribution in [-0.4, -0.2) is 53.8 Å². The summed E-state index contributed by atoms with van der Waals surface area (Å²) in [6, 6.07) is 22.2. The van der Waals surface area contributed by atoms with Gasteiger partial charge in [0.2, 0.25) is 5.91 Å². The Kier molecular flexibility index (Phi) is 7.58. The Hall–Kier alpha value is -2.67. The third-order valence-corrected chi connectivity index (χ3v) is 6.83. The Bertz CT molecular complexity index is 1030. The van der Waals surface area contributed by atoms with E-state index in [1.165, 1.54) is 4.88 Å². The summed E-state index contributed by atoms with van der Waals surface area (Å²) in [5, 5.41) is 2.98. The predicted octanol–water partition coefficient (Wildman–Crippen LogP) is 4.09. The summed E-state index contributed by atoms with van der Waals surface area (Å²) in [6.45, 7) is 3.73. The molecule has 2 heterocycles. The molecule has 1 aromatic heterocycles. The second-order valence-corrected chi connectivity index (χ2v) is 9.69. The first-order chi connectivity index (χ1) is 15.6. The number of rotatable bonds is 7. The molecule has 0 bridgehead atoms. The normalized spacial score (nSPS) is 15.3. The van der Waals surface area contributed by atoms with E-state index in [0.717, 1.165) is 29.5 Å². The van der Waals surface area contributed by atoms with Crippen molar-refractivity contribution >= 4 is 34.8 Å². The smallest absolute Gasteiger partial charge is 0.251 e. The quantitative estimate of drug-likeness (QED) is 0.569. The highest BCUT2D eigenvalue weighted by Crippen LogP contribution is 2.23. The minimum absolute atomic E-state index is 0.0306. The summed E-state index contributed by atoms with van der Waals surface area (Å²) < 4.78 is 0.798. The molecule has 3 aromatic rings. The molecule has 1 aliphatic rings. The van der Waals surface area contributed by atoms with Crippen LogP contribution in [0.25, 0.3) is 0 Å². The Morgan fingerprint density at radius 3 is 2.19 bits per heavy atom. The number of carbonyl (C=O) groups excluding carboxylic acids is 2. The monoisotopic (exact) mass is 467 g/mol. The molecular formula is C25H26ClN3O2S. The van der Waals surface area contributed by atoms with Crippen molar-refractivity contribution in [3.05, 3.63) is 93.1 Å². The molecule has 166 valence electrons. The van der Waals surface area contributed by atoms with Crippen molar-refractivity contribution in [1.82, 2.24) is 15.1 Å². The average molecular weight is 468 g/mol. The number of piperazine rings is 1. The fourth-order valence-electron chi connectivity index (χ4n) is 3.88. The van der Waals surface area contributed by atoms with Crippen LogP contribution in [0, 0.1) is 0 Å². The molecule has 0 saturated carbocycles. The van der Waals surface area contributed by atoms with Crippen molar-refractivity contribution in [2.45, 2.75) is 19.0 Å². The van der Waals surface area contributed by atoms with Crippen LogP contribution in [-0.2, 0) is 17.8 Å². The highest BCUT2D eigenvalue weighted by atomic mass is 35.5. The number of carbonyl (C=O) groups is 2. The number of amides is 2. The lowest BCUT2D eigenvalue weighted by molar-refractivity contribution is -0.135. The lowest BCUT2D eigenvalue weighted by atomic mass is 10.0. The molecule has 1 atom stereocenters. The van der Waals surface area contributed by atoms with E-state index in [1.54, 1.807) is 23.5 Å². The lowest BCUT2D eigenvalue weighted by Crippen LogP contribution is -2.55. The number of hydrogen-bond acceptors (Lipinski definition) is 4. The first-order valence-electron chi connectivity index (χ1n) is 10.7. The molecule has 4 rings (SSSR count).